The molecule has 2 N–H and O–H groups in total. The summed E-state index contributed by atoms with van der Waals surface area (Å²) in [7, 11) is 2.16. The summed E-state index contributed by atoms with van der Waals surface area (Å²) in [4.78, 5) is 20.1. The van der Waals surface area contributed by atoms with Gasteiger partial charge in [0.1, 0.15) is 5.75 Å². The summed E-state index contributed by atoms with van der Waals surface area (Å²) >= 11 is 0. The van der Waals surface area contributed by atoms with Crippen LogP contribution >= 0.6 is 0 Å². The van der Waals surface area contributed by atoms with Gasteiger partial charge in [-0.15, -0.1) is 0 Å². The molecule has 0 amide bonds. The second kappa shape index (κ2) is 7.97. The summed E-state index contributed by atoms with van der Waals surface area (Å²) in [6, 6.07) is 12.2. The minimum Gasteiger partial charge on any atom is -0.508 e. The minimum atomic E-state index is 0.153. The van der Waals surface area contributed by atoms with Crippen LogP contribution in [-0.4, -0.2) is 47.0 Å². The highest BCUT2D eigenvalue weighted by molar-refractivity contribution is 6.10. The van der Waals surface area contributed by atoms with Crippen LogP contribution in [0.15, 0.2) is 42.6 Å². The van der Waals surface area contributed by atoms with Crippen molar-refractivity contribution in [2.24, 2.45) is 5.92 Å². The molecule has 5 heteroatoms. The summed E-state index contributed by atoms with van der Waals surface area (Å²) in [6.07, 6.45) is 5.86. The number of Topliss-reactive ketones (excluding diaryl/α,β-unsaturated/α-hetero) is 1. The van der Waals surface area contributed by atoms with Crippen molar-refractivity contribution in [1.82, 2.24) is 9.88 Å². The van der Waals surface area contributed by atoms with Crippen LogP contribution in [0.1, 0.15) is 41.6 Å². The number of rotatable bonds is 5. The molecular formula is C26H29N3O2. The van der Waals surface area contributed by atoms with E-state index in [0.717, 1.165) is 77.6 Å². The third-order valence-electron chi connectivity index (χ3n) is 6.68. The van der Waals surface area contributed by atoms with Gasteiger partial charge in [0.05, 0.1) is 16.8 Å². The predicted molar refractivity (Wildman–Crippen MR) is 125 cm³/mol. The summed E-state index contributed by atoms with van der Waals surface area (Å²) in [5, 5.41) is 14.6. The average molecular weight is 416 g/mol. The normalized spacial score (nSPS) is 17.7. The van der Waals surface area contributed by atoms with Crippen LogP contribution in [0.2, 0.25) is 0 Å². The van der Waals surface area contributed by atoms with Crippen LogP contribution < -0.4 is 5.32 Å². The number of piperidine rings is 1. The first-order chi connectivity index (χ1) is 15.0. The number of phenolic OH excluding ortho intramolecular Hbond substituents is 1. The molecule has 1 saturated heterocycles. The number of likely N-dealkylation sites (tertiary alicyclic amines) is 1. The number of aromatic hydroxyl groups is 1. The number of benzene rings is 2. The number of carbonyl (C=O) groups excluding carboxylic acids is 1. The Bertz CT molecular complexity index is 1140. The Hall–Kier alpha value is -2.92. The second-order valence-corrected chi connectivity index (χ2v) is 9.14. The molecule has 1 saturated carbocycles. The van der Waals surface area contributed by atoms with E-state index in [1.165, 1.54) is 0 Å². The molecule has 0 bridgehead atoms. The number of hydrogen-bond donors (Lipinski definition) is 2. The van der Waals surface area contributed by atoms with Gasteiger partial charge in [0.2, 0.25) is 0 Å². The van der Waals surface area contributed by atoms with Gasteiger partial charge >= 0.3 is 0 Å². The molecule has 0 atom stereocenters. The van der Waals surface area contributed by atoms with Gasteiger partial charge < -0.3 is 15.3 Å². The lowest BCUT2D eigenvalue weighted by Gasteiger charge is -2.31. The maximum absolute atomic E-state index is 13.1. The van der Waals surface area contributed by atoms with E-state index in [1.54, 1.807) is 12.3 Å². The second-order valence-electron chi connectivity index (χ2n) is 9.14. The molecule has 1 aliphatic carbocycles. The first-order valence-corrected chi connectivity index (χ1v) is 11.2. The minimum absolute atomic E-state index is 0.153. The highest BCUT2D eigenvalue weighted by Gasteiger charge is 2.33. The monoisotopic (exact) mass is 415 g/mol. The number of pyridine rings is 1. The van der Waals surface area contributed by atoms with Crippen molar-refractivity contribution in [2.45, 2.75) is 38.6 Å². The predicted octanol–water partition coefficient (Wildman–Crippen LogP) is 5.01. The number of ketones is 1. The third kappa shape index (κ3) is 4.02. The highest BCUT2D eigenvalue weighted by Crippen LogP contribution is 2.38. The van der Waals surface area contributed by atoms with Gasteiger partial charge in [-0.05, 0) is 93.7 Å². The van der Waals surface area contributed by atoms with Crippen molar-refractivity contribution in [2.75, 3.05) is 25.5 Å². The zero-order valence-electron chi connectivity index (χ0n) is 18.2. The van der Waals surface area contributed by atoms with E-state index in [9.17, 15) is 9.90 Å². The fourth-order valence-electron chi connectivity index (χ4n) is 4.47. The van der Waals surface area contributed by atoms with Crippen molar-refractivity contribution < 1.29 is 9.90 Å². The lowest BCUT2D eigenvalue weighted by atomic mass is 9.97. The Morgan fingerprint density at radius 2 is 1.77 bits per heavy atom. The Morgan fingerprint density at radius 3 is 2.48 bits per heavy atom. The van der Waals surface area contributed by atoms with Crippen LogP contribution in [0.4, 0.5) is 5.69 Å². The van der Waals surface area contributed by atoms with Crippen LogP contribution in [0.25, 0.3) is 22.0 Å². The molecule has 3 aromatic rings. The molecule has 0 unspecified atom stereocenters. The number of anilines is 1. The molecule has 2 aromatic carbocycles. The summed E-state index contributed by atoms with van der Waals surface area (Å²) in [5.41, 5.74) is 5.50. The van der Waals surface area contributed by atoms with Gasteiger partial charge in [-0.25, -0.2) is 0 Å². The van der Waals surface area contributed by atoms with E-state index in [0.29, 0.717) is 11.8 Å². The number of nitrogens with zero attached hydrogens (tertiary/aromatic N) is 2. The van der Waals surface area contributed by atoms with Crippen molar-refractivity contribution in [3.05, 3.63) is 53.7 Å². The van der Waals surface area contributed by atoms with E-state index >= 15 is 0 Å². The van der Waals surface area contributed by atoms with Gasteiger partial charge in [0.15, 0.2) is 5.78 Å². The summed E-state index contributed by atoms with van der Waals surface area (Å²) in [6.45, 7) is 4.02. The Labute approximate surface area is 183 Å². The van der Waals surface area contributed by atoms with Crippen molar-refractivity contribution in [3.8, 4) is 16.9 Å². The first kappa shape index (κ1) is 20.0. The molecule has 2 heterocycles. The van der Waals surface area contributed by atoms with E-state index < -0.39 is 0 Å². The smallest absolute Gasteiger partial charge is 0.169 e. The zero-order valence-corrected chi connectivity index (χ0v) is 18.2. The molecule has 2 aliphatic rings. The van der Waals surface area contributed by atoms with E-state index in [4.69, 9.17) is 0 Å². The highest BCUT2D eigenvalue weighted by atomic mass is 16.3. The maximum atomic E-state index is 13.1. The molecular weight excluding hydrogens is 386 g/mol. The Morgan fingerprint density at radius 1 is 1.06 bits per heavy atom. The quantitative estimate of drug-likeness (QED) is 0.573. The maximum Gasteiger partial charge on any atom is 0.169 e. The van der Waals surface area contributed by atoms with Crippen LogP contribution in [0.5, 0.6) is 5.75 Å². The molecule has 5 nitrogen and oxygen atoms in total. The van der Waals surface area contributed by atoms with Crippen molar-refractivity contribution in [3.63, 3.8) is 0 Å². The SMILES string of the molecule is Cc1cc(-c2ccc3ncc(C(=O)C4CC4)c(NC4CCN(C)CC4)c3c2)ccc1O. The largest absolute Gasteiger partial charge is 0.508 e. The van der Waals surface area contributed by atoms with E-state index in [1.807, 2.05) is 25.1 Å². The molecule has 0 radical (unpaired) electrons. The van der Waals surface area contributed by atoms with Crippen LogP contribution in [-0.2, 0) is 0 Å². The van der Waals surface area contributed by atoms with Gasteiger partial charge in [-0.2, -0.15) is 0 Å². The summed E-state index contributed by atoms with van der Waals surface area (Å²) < 4.78 is 0. The Kier molecular flexibility index (Phi) is 5.14. The van der Waals surface area contributed by atoms with Crippen LogP contribution in [0, 0.1) is 12.8 Å². The molecule has 1 aliphatic heterocycles. The van der Waals surface area contributed by atoms with E-state index in [2.05, 4.69) is 34.4 Å². The van der Waals surface area contributed by atoms with Crippen LogP contribution in [0.3, 0.4) is 0 Å². The van der Waals surface area contributed by atoms with Crippen molar-refractivity contribution >= 4 is 22.4 Å². The fraction of sp³-hybridized carbons (Fsp3) is 0.385. The summed E-state index contributed by atoms with van der Waals surface area (Å²) in [5.74, 6) is 0.670. The number of aromatic nitrogens is 1. The number of hydrogen-bond acceptors (Lipinski definition) is 5. The average Bonchev–Trinajstić information content (AvgIpc) is 3.62. The van der Waals surface area contributed by atoms with E-state index in [-0.39, 0.29) is 11.7 Å². The molecule has 160 valence electrons. The standard InChI is InChI=1S/C26H29N3O2/c1-16-13-18(6-8-24(16)30)19-5-7-23-21(14-19)25(28-20-9-11-29(2)12-10-20)22(15-27-23)26(31)17-3-4-17/h5-8,13-15,17,20,30H,3-4,9-12H2,1-2H3,(H,27,28). The molecule has 2 fully saturated rings. The molecule has 5 rings (SSSR count). The molecule has 31 heavy (non-hydrogen) atoms. The van der Waals surface area contributed by atoms with Crippen molar-refractivity contribution in [1.29, 1.82) is 0 Å². The fourth-order valence-corrected chi connectivity index (χ4v) is 4.47. The molecule has 0 spiro atoms. The number of carbonyl (C=O) groups is 1. The lowest BCUT2D eigenvalue weighted by molar-refractivity contribution is 0.0968. The Balaban J connectivity index is 1.60. The third-order valence-corrected chi connectivity index (χ3v) is 6.68. The number of nitrogens with one attached hydrogen (secondary N) is 1. The van der Waals surface area contributed by atoms with Gasteiger partial charge in [0.25, 0.3) is 0 Å². The van der Waals surface area contributed by atoms with Gasteiger partial charge in [-0.1, -0.05) is 12.1 Å². The lowest BCUT2D eigenvalue weighted by Crippen LogP contribution is -2.37. The zero-order chi connectivity index (χ0) is 21.5. The van der Waals surface area contributed by atoms with Gasteiger partial charge in [0, 0.05) is 23.5 Å². The first-order valence-electron chi connectivity index (χ1n) is 11.2. The topological polar surface area (TPSA) is 65.5 Å². The number of phenols is 1. The number of fused-ring (bicyclic) bond motifs is 1. The molecule has 1 aromatic heterocycles. The van der Waals surface area contributed by atoms with Gasteiger partial charge in [-0.3, -0.25) is 9.78 Å². The number of aryl methyl sites for hydroxylation is 1.